The summed E-state index contributed by atoms with van der Waals surface area (Å²) in [5, 5.41) is 0. The van der Waals surface area contributed by atoms with E-state index >= 15 is 0 Å². The number of fused-ring (bicyclic) bond motifs is 1. The predicted octanol–water partition coefficient (Wildman–Crippen LogP) is 2.80. The minimum absolute atomic E-state index is 0.343. The minimum atomic E-state index is 0.343. The second kappa shape index (κ2) is 4.32. The summed E-state index contributed by atoms with van der Waals surface area (Å²) in [6.07, 6.45) is 8.39. The van der Waals surface area contributed by atoms with Crippen molar-refractivity contribution in [2.75, 3.05) is 25.7 Å². The maximum Gasteiger partial charge on any atom is 0.160 e. The van der Waals surface area contributed by atoms with Gasteiger partial charge in [0.05, 0.1) is 13.2 Å². The molecule has 94 valence electrons. The molecular weight excluding hydrogens is 252 g/mol. The summed E-state index contributed by atoms with van der Waals surface area (Å²) in [4.78, 5) is 12.1. The summed E-state index contributed by atoms with van der Waals surface area (Å²) < 4.78 is 6.46. The van der Waals surface area contributed by atoms with Crippen molar-refractivity contribution in [1.82, 2.24) is 0 Å². The third kappa shape index (κ3) is 1.98. The van der Waals surface area contributed by atoms with Crippen molar-refractivity contribution < 1.29 is 9.53 Å². The maximum atomic E-state index is 12.1. The number of ether oxygens (including phenoxy) is 1. The molecule has 1 heterocycles. The average Bonchev–Trinajstić information content (AvgIpc) is 2.80. The first-order valence-corrected chi connectivity index (χ1v) is 8.55. The molecule has 1 spiro atoms. The maximum absolute atomic E-state index is 12.1. The molecule has 0 radical (unpaired) electrons. The topological polar surface area (TPSA) is 26.3 Å². The van der Waals surface area contributed by atoms with Gasteiger partial charge in [0, 0.05) is 21.6 Å². The Kier molecular flexibility index (Phi) is 3.08. The minimum Gasteiger partial charge on any atom is -0.380 e. The average molecular weight is 270 g/mol. The van der Waals surface area contributed by atoms with E-state index in [0.717, 1.165) is 17.5 Å². The smallest absolute Gasteiger partial charge is 0.160 e. The van der Waals surface area contributed by atoms with E-state index in [-0.39, 0.29) is 0 Å². The van der Waals surface area contributed by atoms with Gasteiger partial charge in [-0.3, -0.25) is 4.79 Å². The highest BCUT2D eigenvalue weighted by Crippen LogP contribution is 2.66. The van der Waals surface area contributed by atoms with Crippen LogP contribution in [0.3, 0.4) is 0 Å². The van der Waals surface area contributed by atoms with Gasteiger partial charge in [0.2, 0.25) is 0 Å². The van der Waals surface area contributed by atoms with Crippen LogP contribution >= 0.6 is 23.5 Å². The van der Waals surface area contributed by atoms with Crippen LogP contribution in [-0.2, 0) is 9.53 Å². The third-order valence-electron chi connectivity index (χ3n) is 4.48. The second-order valence-electron chi connectivity index (χ2n) is 5.53. The van der Waals surface area contributed by atoms with E-state index in [0.29, 0.717) is 29.0 Å². The fraction of sp³-hybridized carbons (Fsp3) is 0.769. The number of allylic oxidation sites excluding steroid dienone is 1. The molecule has 0 amide bonds. The van der Waals surface area contributed by atoms with Crippen molar-refractivity contribution >= 4 is 29.3 Å². The van der Waals surface area contributed by atoms with Gasteiger partial charge in [-0.15, -0.1) is 23.5 Å². The van der Waals surface area contributed by atoms with E-state index in [1.165, 1.54) is 12.8 Å². The zero-order valence-corrected chi connectivity index (χ0v) is 11.9. The lowest BCUT2D eigenvalue weighted by molar-refractivity contribution is -0.125. The van der Waals surface area contributed by atoms with Crippen LogP contribution in [-0.4, -0.2) is 31.5 Å². The molecule has 1 saturated heterocycles. The number of hydrogen-bond donors (Lipinski definition) is 0. The highest BCUT2D eigenvalue weighted by Gasteiger charge is 2.65. The quantitative estimate of drug-likeness (QED) is 0.734. The van der Waals surface area contributed by atoms with Gasteiger partial charge in [-0.2, -0.15) is 0 Å². The molecule has 1 aliphatic heterocycles. The monoisotopic (exact) mass is 270 g/mol. The summed E-state index contributed by atoms with van der Waals surface area (Å²) in [5.74, 6) is 2.06. The molecule has 17 heavy (non-hydrogen) atoms. The number of rotatable bonds is 4. The van der Waals surface area contributed by atoms with Crippen LogP contribution in [0.1, 0.15) is 12.8 Å². The zero-order chi connectivity index (χ0) is 12.0. The van der Waals surface area contributed by atoms with Crippen LogP contribution in [0.4, 0.5) is 0 Å². The lowest BCUT2D eigenvalue weighted by Gasteiger charge is -2.39. The molecule has 0 aromatic carbocycles. The first kappa shape index (κ1) is 12.1. The van der Waals surface area contributed by atoms with Crippen molar-refractivity contribution in [3.05, 3.63) is 10.3 Å². The van der Waals surface area contributed by atoms with Crippen molar-refractivity contribution in [2.24, 2.45) is 23.2 Å². The summed E-state index contributed by atoms with van der Waals surface area (Å²) in [6.45, 7) is 1.88. The molecule has 4 heteroatoms. The standard InChI is InChI=1S/C13H18O2S2/c1-16-11(17-2)3-10(14)12-8-4-13(5-9(8)12)6-15-7-13/h3,8-9,12H,4-7H2,1-2H3. The fourth-order valence-electron chi connectivity index (χ4n) is 3.55. The Labute approximate surface area is 111 Å². The fourth-order valence-corrected chi connectivity index (χ4v) is 4.68. The Bertz CT molecular complexity index is 354. The van der Waals surface area contributed by atoms with Crippen molar-refractivity contribution in [3.8, 4) is 0 Å². The zero-order valence-electron chi connectivity index (χ0n) is 10.3. The molecule has 0 aromatic rings. The van der Waals surface area contributed by atoms with Crippen molar-refractivity contribution in [1.29, 1.82) is 0 Å². The molecule has 0 N–H and O–H groups in total. The van der Waals surface area contributed by atoms with Crippen LogP contribution in [0.5, 0.6) is 0 Å². The SMILES string of the molecule is CSC(=CC(=O)C1C2CC3(COC3)CC21)SC. The predicted molar refractivity (Wildman–Crippen MR) is 73.1 cm³/mol. The Balaban J connectivity index is 1.59. The highest BCUT2D eigenvalue weighted by molar-refractivity contribution is 8.21. The molecule has 2 atom stereocenters. The van der Waals surface area contributed by atoms with E-state index in [9.17, 15) is 4.79 Å². The number of hydrogen-bond acceptors (Lipinski definition) is 4. The Morgan fingerprint density at radius 2 is 1.82 bits per heavy atom. The largest absolute Gasteiger partial charge is 0.380 e. The first-order chi connectivity index (χ1) is 8.19. The molecule has 0 bridgehead atoms. The van der Waals surface area contributed by atoms with Crippen LogP contribution in [0.2, 0.25) is 0 Å². The molecule has 3 aliphatic rings. The van der Waals surface area contributed by atoms with Crippen LogP contribution < -0.4 is 0 Å². The van der Waals surface area contributed by atoms with Gasteiger partial charge in [-0.25, -0.2) is 0 Å². The van der Waals surface area contributed by atoms with Crippen molar-refractivity contribution in [2.45, 2.75) is 12.8 Å². The van der Waals surface area contributed by atoms with E-state index in [1.54, 1.807) is 23.5 Å². The number of ketones is 1. The highest BCUT2D eigenvalue weighted by atomic mass is 32.2. The molecule has 2 saturated carbocycles. The number of carbonyl (C=O) groups is 1. The normalized spacial score (nSPS) is 36.2. The second-order valence-corrected chi connectivity index (χ2v) is 7.48. The Morgan fingerprint density at radius 1 is 1.24 bits per heavy atom. The molecule has 0 aromatic heterocycles. The Hall–Kier alpha value is 0.0700. The van der Waals surface area contributed by atoms with Crippen LogP contribution in [0, 0.1) is 23.2 Å². The van der Waals surface area contributed by atoms with Gasteiger partial charge in [0.1, 0.15) is 0 Å². The Morgan fingerprint density at radius 3 is 2.24 bits per heavy atom. The van der Waals surface area contributed by atoms with Gasteiger partial charge in [0.15, 0.2) is 5.78 Å². The van der Waals surface area contributed by atoms with Crippen LogP contribution in [0.25, 0.3) is 0 Å². The summed E-state index contributed by atoms with van der Waals surface area (Å²) in [7, 11) is 0. The van der Waals surface area contributed by atoms with E-state index in [1.807, 2.05) is 18.6 Å². The summed E-state index contributed by atoms with van der Waals surface area (Å²) in [5.41, 5.74) is 0.484. The van der Waals surface area contributed by atoms with Gasteiger partial charge >= 0.3 is 0 Å². The van der Waals surface area contributed by atoms with E-state index in [4.69, 9.17) is 4.74 Å². The van der Waals surface area contributed by atoms with Gasteiger partial charge < -0.3 is 4.74 Å². The van der Waals surface area contributed by atoms with Gasteiger partial charge in [-0.1, -0.05) is 0 Å². The van der Waals surface area contributed by atoms with Crippen LogP contribution in [0.15, 0.2) is 10.3 Å². The number of carbonyl (C=O) groups excluding carboxylic acids is 1. The number of thioether (sulfide) groups is 2. The van der Waals surface area contributed by atoms with E-state index < -0.39 is 0 Å². The lowest BCUT2D eigenvalue weighted by Crippen LogP contribution is -2.41. The molecule has 2 aliphatic carbocycles. The molecule has 3 fully saturated rings. The third-order valence-corrected chi connectivity index (χ3v) is 6.52. The van der Waals surface area contributed by atoms with Gasteiger partial charge in [-0.05, 0) is 37.2 Å². The lowest BCUT2D eigenvalue weighted by atomic mass is 9.79. The molecule has 3 rings (SSSR count). The molecule has 2 unspecified atom stereocenters. The van der Waals surface area contributed by atoms with Gasteiger partial charge in [0.25, 0.3) is 0 Å². The summed E-state index contributed by atoms with van der Waals surface area (Å²) in [6, 6.07) is 0. The first-order valence-electron chi connectivity index (χ1n) is 6.10. The van der Waals surface area contributed by atoms with E-state index in [2.05, 4.69) is 0 Å². The van der Waals surface area contributed by atoms with Crippen molar-refractivity contribution in [3.63, 3.8) is 0 Å². The summed E-state index contributed by atoms with van der Waals surface area (Å²) >= 11 is 3.34. The molecule has 2 nitrogen and oxygen atoms in total. The molecular formula is C13H18O2S2.